The van der Waals surface area contributed by atoms with Gasteiger partial charge in [-0.3, -0.25) is 9.89 Å². The largest absolute Gasteiger partial charge is 0.451 e. The predicted molar refractivity (Wildman–Crippen MR) is 123 cm³/mol. The monoisotopic (exact) mass is 432 g/mol. The number of hydrogen-bond acceptors (Lipinski definition) is 5. The number of anilines is 1. The Labute approximate surface area is 187 Å². The number of aromatic nitrogens is 2. The minimum atomic E-state index is -0.584. The highest BCUT2D eigenvalue weighted by atomic mass is 16.5. The van der Waals surface area contributed by atoms with Crippen LogP contribution in [0.25, 0.3) is 11.3 Å². The molecule has 32 heavy (non-hydrogen) atoms. The zero-order chi connectivity index (χ0) is 22.5. The number of rotatable bonds is 6. The summed E-state index contributed by atoms with van der Waals surface area (Å²) in [5.41, 5.74) is 5.38. The number of aryl methyl sites for hydroxylation is 2. The van der Waals surface area contributed by atoms with E-state index in [0.29, 0.717) is 24.8 Å². The lowest BCUT2D eigenvalue weighted by molar-refractivity contribution is -0.135. The standard InChI is InChI=1S/C25H28N4O3/c1-17-8-9-18(2)21(14-17)26-20-10-12-29(13-11-20)24(30)16-32-25(31)23-15-22(27-28-23)19-6-4-3-5-7-19/h3-9,14-15,20,26H,10-13,16H2,1-2H3,(H,27,28). The number of H-pyrrole nitrogens is 1. The van der Waals surface area contributed by atoms with Crippen molar-refractivity contribution in [3.05, 3.63) is 71.4 Å². The van der Waals surface area contributed by atoms with Crippen molar-refractivity contribution >= 4 is 17.6 Å². The van der Waals surface area contributed by atoms with E-state index >= 15 is 0 Å². The first-order valence-electron chi connectivity index (χ1n) is 10.9. The molecule has 1 aromatic heterocycles. The quantitative estimate of drug-likeness (QED) is 0.576. The molecule has 0 aliphatic carbocycles. The first kappa shape index (κ1) is 21.6. The maximum Gasteiger partial charge on any atom is 0.356 e. The molecule has 1 fully saturated rings. The van der Waals surface area contributed by atoms with E-state index in [1.54, 1.807) is 11.0 Å². The van der Waals surface area contributed by atoms with Crippen LogP contribution in [0.1, 0.15) is 34.5 Å². The highest BCUT2D eigenvalue weighted by Gasteiger charge is 2.24. The number of hydrogen-bond donors (Lipinski definition) is 2. The summed E-state index contributed by atoms with van der Waals surface area (Å²) >= 11 is 0. The van der Waals surface area contributed by atoms with Crippen LogP contribution >= 0.6 is 0 Å². The number of carbonyl (C=O) groups excluding carboxylic acids is 2. The lowest BCUT2D eigenvalue weighted by Crippen LogP contribution is -2.44. The average molecular weight is 433 g/mol. The molecule has 3 aromatic rings. The molecule has 2 aromatic carbocycles. The van der Waals surface area contributed by atoms with E-state index in [1.807, 2.05) is 30.3 Å². The molecule has 2 N–H and O–H groups in total. The Morgan fingerprint density at radius 2 is 1.84 bits per heavy atom. The number of esters is 1. The van der Waals surface area contributed by atoms with E-state index in [0.717, 1.165) is 24.1 Å². The normalized spacial score (nSPS) is 14.2. The maximum atomic E-state index is 12.5. The number of aromatic amines is 1. The summed E-state index contributed by atoms with van der Waals surface area (Å²) in [6.07, 6.45) is 1.71. The minimum Gasteiger partial charge on any atom is -0.451 e. The molecule has 7 nitrogen and oxygen atoms in total. The first-order valence-corrected chi connectivity index (χ1v) is 10.9. The van der Waals surface area contributed by atoms with Gasteiger partial charge in [-0.1, -0.05) is 42.5 Å². The molecule has 1 aliphatic heterocycles. The molecule has 0 bridgehead atoms. The van der Waals surface area contributed by atoms with Crippen LogP contribution in [0.3, 0.4) is 0 Å². The molecule has 2 heterocycles. The second kappa shape index (κ2) is 9.68. The lowest BCUT2D eigenvalue weighted by Gasteiger charge is -2.33. The van der Waals surface area contributed by atoms with Crippen molar-refractivity contribution in [2.45, 2.75) is 32.7 Å². The third kappa shape index (κ3) is 5.17. The smallest absolute Gasteiger partial charge is 0.356 e. The van der Waals surface area contributed by atoms with Gasteiger partial charge >= 0.3 is 5.97 Å². The minimum absolute atomic E-state index is 0.175. The molecule has 1 aliphatic rings. The Bertz CT molecular complexity index is 1090. The lowest BCUT2D eigenvalue weighted by atomic mass is 10.0. The summed E-state index contributed by atoms with van der Waals surface area (Å²) in [4.78, 5) is 26.6. The van der Waals surface area contributed by atoms with Gasteiger partial charge in [-0.15, -0.1) is 0 Å². The third-order valence-corrected chi connectivity index (χ3v) is 5.79. The predicted octanol–water partition coefficient (Wildman–Crippen LogP) is 3.95. The molecule has 166 valence electrons. The number of carbonyl (C=O) groups is 2. The van der Waals surface area contributed by atoms with Crippen molar-refractivity contribution in [1.29, 1.82) is 0 Å². The summed E-state index contributed by atoms with van der Waals surface area (Å²) in [7, 11) is 0. The van der Waals surface area contributed by atoms with Gasteiger partial charge in [0.15, 0.2) is 6.61 Å². The van der Waals surface area contributed by atoms with E-state index in [-0.39, 0.29) is 18.2 Å². The van der Waals surface area contributed by atoms with Crippen molar-refractivity contribution < 1.29 is 14.3 Å². The van der Waals surface area contributed by atoms with Crippen LogP contribution in [0.4, 0.5) is 5.69 Å². The molecule has 0 spiro atoms. The second-order valence-corrected chi connectivity index (χ2v) is 8.23. The Balaban J connectivity index is 1.24. The number of nitrogens with one attached hydrogen (secondary N) is 2. The van der Waals surface area contributed by atoms with Gasteiger partial charge < -0.3 is 15.0 Å². The van der Waals surface area contributed by atoms with Gasteiger partial charge in [-0.2, -0.15) is 5.10 Å². The Kier molecular flexibility index (Phi) is 6.54. The van der Waals surface area contributed by atoms with Crippen LogP contribution in [0.15, 0.2) is 54.6 Å². The first-order chi connectivity index (χ1) is 15.5. The summed E-state index contributed by atoms with van der Waals surface area (Å²) < 4.78 is 5.23. The van der Waals surface area contributed by atoms with Gasteiger partial charge in [-0.25, -0.2) is 4.79 Å². The molecule has 4 rings (SSSR count). The molecule has 1 saturated heterocycles. The number of piperidine rings is 1. The van der Waals surface area contributed by atoms with Crippen molar-refractivity contribution in [1.82, 2.24) is 15.1 Å². The fourth-order valence-corrected chi connectivity index (χ4v) is 3.86. The Morgan fingerprint density at radius 3 is 2.59 bits per heavy atom. The third-order valence-electron chi connectivity index (χ3n) is 5.79. The number of ether oxygens (including phenoxy) is 1. The number of likely N-dealkylation sites (tertiary alicyclic amines) is 1. The average Bonchev–Trinajstić information content (AvgIpc) is 3.31. The van der Waals surface area contributed by atoms with E-state index in [9.17, 15) is 9.59 Å². The number of nitrogens with zero attached hydrogens (tertiary/aromatic N) is 2. The summed E-state index contributed by atoms with van der Waals surface area (Å²) in [6, 6.07) is 17.9. The van der Waals surface area contributed by atoms with Crippen LogP contribution in [0, 0.1) is 13.8 Å². The van der Waals surface area contributed by atoms with Crippen LogP contribution < -0.4 is 5.32 Å². The highest BCUT2D eigenvalue weighted by molar-refractivity contribution is 5.90. The summed E-state index contributed by atoms with van der Waals surface area (Å²) in [6.45, 7) is 5.19. The zero-order valence-electron chi connectivity index (χ0n) is 18.4. The molecule has 0 saturated carbocycles. The van der Waals surface area contributed by atoms with E-state index < -0.39 is 5.97 Å². The van der Waals surface area contributed by atoms with Gasteiger partial charge in [0.2, 0.25) is 0 Å². The molecule has 7 heteroatoms. The fourth-order valence-electron chi connectivity index (χ4n) is 3.86. The maximum absolute atomic E-state index is 12.5. The van der Waals surface area contributed by atoms with Crippen LogP contribution in [0.5, 0.6) is 0 Å². The zero-order valence-corrected chi connectivity index (χ0v) is 18.4. The van der Waals surface area contributed by atoms with Gasteiger partial charge in [0.25, 0.3) is 5.91 Å². The van der Waals surface area contributed by atoms with E-state index in [1.165, 1.54) is 11.1 Å². The van der Waals surface area contributed by atoms with Crippen molar-refractivity contribution in [2.75, 3.05) is 25.0 Å². The Morgan fingerprint density at radius 1 is 1.09 bits per heavy atom. The number of amides is 1. The topological polar surface area (TPSA) is 87.3 Å². The highest BCUT2D eigenvalue weighted by Crippen LogP contribution is 2.21. The molecule has 1 amide bonds. The van der Waals surface area contributed by atoms with Crippen LogP contribution in [-0.2, 0) is 9.53 Å². The number of benzene rings is 2. The SMILES string of the molecule is Cc1ccc(C)c(NC2CCN(C(=O)COC(=O)c3cc(-c4ccccc4)n[nH]3)CC2)c1. The van der Waals surface area contributed by atoms with Gasteiger partial charge in [-0.05, 0) is 49.9 Å². The van der Waals surface area contributed by atoms with Crippen molar-refractivity contribution in [3.63, 3.8) is 0 Å². The van der Waals surface area contributed by atoms with E-state index in [4.69, 9.17) is 4.74 Å². The Hall–Kier alpha value is -3.61. The van der Waals surface area contributed by atoms with Crippen LogP contribution in [-0.4, -0.2) is 52.7 Å². The second-order valence-electron chi connectivity index (χ2n) is 8.23. The van der Waals surface area contributed by atoms with Gasteiger partial charge in [0, 0.05) is 30.4 Å². The summed E-state index contributed by atoms with van der Waals surface area (Å²) in [5.74, 6) is -0.758. The molecular weight excluding hydrogens is 404 g/mol. The van der Waals surface area contributed by atoms with Crippen molar-refractivity contribution in [2.24, 2.45) is 0 Å². The summed E-state index contributed by atoms with van der Waals surface area (Å²) in [5, 5.41) is 10.4. The van der Waals surface area contributed by atoms with Gasteiger partial charge in [0.05, 0.1) is 5.69 Å². The van der Waals surface area contributed by atoms with Crippen LogP contribution in [0.2, 0.25) is 0 Å². The fraction of sp³-hybridized carbons (Fsp3) is 0.320. The molecule has 0 atom stereocenters. The van der Waals surface area contributed by atoms with Crippen molar-refractivity contribution in [3.8, 4) is 11.3 Å². The van der Waals surface area contributed by atoms with Gasteiger partial charge in [0.1, 0.15) is 5.69 Å². The molecule has 0 radical (unpaired) electrons. The molecular formula is C25H28N4O3. The van der Waals surface area contributed by atoms with E-state index in [2.05, 4.69) is 47.6 Å². The molecule has 0 unspecified atom stereocenters.